The lowest BCUT2D eigenvalue weighted by Crippen LogP contribution is -2.22. The van der Waals surface area contributed by atoms with Gasteiger partial charge < -0.3 is 10.4 Å². The Kier molecular flexibility index (Phi) is 10.1. The van der Waals surface area contributed by atoms with E-state index in [2.05, 4.69) is 23.2 Å². The third kappa shape index (κ3) is 6.12. The van der Waals surface area contributed by atoms with Crippen molar-refractivity contribution < 1.29 is 5.11 Å². The molecule has 0 unspecified atom stereocenters. The Morgan fingerprint density at radius 3 is 2.61 bits per heavy atom. The number of nitrogens with zero attached hydrogens (tertiary/aromatic N) is 1. The SMILES string of the molecule is Cc1c(CN(C)CCO)cccc1NC(=N)c1cccs1.Cl.Cl. The number of aliphatic hydroxyl groups excluding tert-OH is 1. The molecule has 0 spiro atoms. The maximum atomic E-state index is 8.98. The van der Waals surface area contributed by atoms with Gasteiger partial charge in [0.15, 0.2) is 0 Å². The first-order valence-corrected chi connectivity index (χ1v) is 7.77. The quantitative estimate of drug-likeness (QED) is 0.532. The van der Waals surface area contributed by atoms with Crippen molar-refractivity contribution in [2.45, 2.75) is 13.5 Å². The smallest absolute Gasteiger partial charge is 0.140 e. The van der Waals surface area contributed by atoms with Crippen LogP contribution in [-0.4, -0.2) is 36.0 Å². The van der Waals surface area contributed by atoms with Crippen LogP contribution in [0.2, 0.25) is 0 Å². The molecule has 0 radical (unpaired) electrons. The average Bonchev–Trinajstić information content (AvgIpc) is 2.97. The van der Waals surface area contributed by atoms with E-state index >= 15 is 0 Å². The zero-order valence-electron chi connectivity index (χ0n) is 13.2. The summed E-state index contributed by atoms with van der Waals surface area (Å²) in [5.74, 6) is 0.425. The number of nitrogens with one attached hydrogen (secondary N) is 2. The molecular weight excluding hydrogens is 353 g/mol. The highest BCUT2D eigenvalue weighted by Gasteiger charge is 2.09. The Morgan fingerprint density at radius 1 is 1.26 bits per heavy atom. The lowest BCUT2D eigenvalue weighted by Gasteiger charge is -2.19. The van der Waals surface area contributed by atoms with Crippen molar-refractivity contribution in [3.05, 3.63) is 51.7 Å². The van der Waals surface area contributed by atoms with Gasteiger partial charge in [-0.25, -0.2) is 0 Å². The molecule has 0 atom stereocenters. The Hall–Kier alpha value is -1.11. The van der Waals surface area contributed by atoms with Crippen LogP contribution in [0.3, 0.4) is 0 Å². The van der Waals surface area contributed by atoms with Crippen molar-refractivity contribution in [1.82, 2.24) is 4.90 Å². The number of hydrogen-bond donors (Lipinski definition) is 3. The number of aliphatic hydroxyl groups is 1. The number of likely N-dealkylation sites (N-methyl/N-ethyl adjacent to an activating group) is 1. The molecule has 1 aromatic carbocycles. The summed E-state index contributed by atoms with van der Waals surface area (Å²) in [4.78, 5) is 3.01. The van der Waals surface area contributed by atoms with Crippen LogP contribution in [0.1, 0.15) is 16.0 Å². The largest absolute Gasteiger partial charge is 0.395 e. The van der Waals surface area contributed by atoms with Crippen molar-refractivity contribution in [2.24, 2.45) is 0 Å². The topological polar surface area (TPSA) is 59.4 Å². The molecule has 7 heteroatoms. The maximum Gasteiger partial charge on any atom is 0.140 e. The van der Waals surface area contributed by atoms with Crippen LogP contribution in [0.15, 0.2) is 35.7 Å². The fourth-order valence-electron chi connectivity index (χ4n) is 2.15. The van der Waals surface area contributed by atoms with Crippen molar-refractivity contribution >= 4 is 47.7 Å². The molecule has 0 aliphatic rings. The molecule has 0 bridgehead atoms. The monoisotopic (exact) mass is 375 g/mol. The second-order valence-electron chi connectivity index (χ2n) is 5.03. The number of anilines is 1. The highest BCUT2D eigenvalue weighted by atomic mass is 35.5. The fourth-order valence-corrected chi connectivity index (χ4v) is 2.78. The van der Waals surface area contributed by atoms with Gasteiger partial charge in [0.2, 0.25) is 0 Å². The fraction of sp³-hybridized carbons (Fsp3) is 0.312. The van der Waals surface area contributed by atoms with E-state index in [-0.39, 0.29) is 31.4 Å². The highest BCUT2D eigenvalue weighted by molar-refractivity contribution is 7.12. The van der Waals surface area contributed by atoms with E-state index in [1.165, 1.54) is 5.56 Å². The van der Waals surface area contributed by atoms with E-state index in [0.717, 1.165) is 22.7 Å². The van der Waals surface area contributed by atoms with Gasteiger partial charge in [-0.15, -0.1) is 36.2 Å². The van der Waals surface area contributed by atoms with Gasteiger partial charge in [0.1, 0.15) is 5.84 Å². The number of thiophene rings is 1. The number of rotatable bonds is 6. The van der Waals surface area contributed by atoms with E-state index in [9.17, 15) is 0 Å². The molecule has 3 N–H and O–H groups in total. The summed E-state index contributed by atoms with van der Waals surface area (Å²) in [6, 6.07) is 9.97. The molecule has 1 heterocycles. The molecule has 2 rings (SSSR count). The summed E-state index contributed by atoms with van der Waals surface area (Å²) >= 11 is 1.55. The molecular formula is C16H23Cl2N3OS. The Morgan fingerprint density at radius 2 is 2.00 bits per heavy atom. The van der Waals surface area contributed by atoms with Gasteiger partial charge in [-0.05, 0) is 42.6 Å². The average molecular weight is 376 g/mol. The van der Waals surface area contributed by atoms with Gasteiger partial charge in [0, 0.05) is 18.8 Å². The Labute approximate surface area is 153 Å². The third-order valence-electron chi connectivity index (χ3n) is 3.40. The molecule has 0 aliphatic carbocycles. The molecule has 0 aliphatic heterocycles. The first kappa shape index (κ1) is 21.9. The van der Waals surface area contributed by atoms with E-state index in [0.29, 0.717) is 12.4 Å². The van der Waals surface area contributed by atoms with E-state index in [1.54, 1.807) is 11.3 Å². The number of halogens is 2. The predicted molar refractivity (Wildman–Crippen MR) is 104 cm³/mol. The number of hydrogen-bond acceptors (Lipinski definition) is 4. The standard InChI is InChI=1S/C16H21N3OS.2ClH/c1-12-13(11-19(2)8-9-20)5-3-6-14(12)18-16(17)15-7-4-10-21-15;;/h3-7,10,20H,8-9,11H2,1-2H3,(H2,17,18);2*1H. The summed E-state index contributed by atoms with van der Waals surface area (Å²) < 4.78 is 0. The van der Waals surface area contributed by atoms with Gasteiger partial charge >= 0.3 is 0 Å². The second-order valence-corrected chi connectivity index (χ2v) is 5.98. The first-order valence-electron chi connectivity index (χ1n) is 6.89. The Bertz CT molecular complexity index is 605. The summed E-state index contributed by atoms with van der Waals surface area (Å²) in [5.41, 5.74) is 3.31. The van der Waals surface area contributed by atoms with E-state index in [4.69, 9.17) is 10.5 Å². The minimum Gasteiger partial charge on any atom is -0.395 e. The van der Waals surface area contributed by atoms with Crippen molar-refractivity contribution in [1.29, 1.82) is 5.41 Å². The maximum absolute atomic E-state index is 8.98. The summed E-state index contributed by atoms with van der Waals surface area (Å²) in [6.07, 6.45) is 0. The summed E-state index contributed by atoms with van der Waals surface area (Å²) in [5, 5.41) is 22.3. The minimum absolute atomic E-state index is 0. The van der Waals surface area contributed by atoms with Crippen LogP contribution in [0.4, 0.5) is 5.69 Å². The molecule has 0 amide bonds. The Balaban J connectivity index is 0.00000242. The van der Waals surface area contributed by atoms with E-state index in [1.807, 2.05) is 36.7 Å². The predicted octanol–water partition coefficient (Wildman–Crippen LogP) is 3.76. The molecule has 0 fully saturated rings. The van der Waals surface area contributed by atoms with Crippen LogP contribution in [0.5, 0.6) is 0 Å². The van der Waals surface area contributed by atoms with Gasteiger partial charge in [0.05, 0.1) is 11.5 Å². The van der Waals surface area contributed by atoms with Crippen molar-refractivity contribution in [3.63, 3.8) is 0 Å². The summed E-state index contributed by atoms with van der Waals surface area (Å²) in [7, 11) is 1.99. The molecule has 0 saturated heterocycles. The van der Waals surface area contributed by atoms with E-state index < -0.39 is 0 Å². The van der Waals surface area contributed by atoms with Crippen molar-refractivity contribution in [3.8, 4) is 0 Å². The second kappa shape index (κ2) is 10.6. The lowest BCUT2D eigenvalue weighted by molar-refractivity contribution is 0.217. The lowest BCUT2D eigenvalue weighted by atomic mass is 10.1. The van der Waals surface area contributed by atoms with Gasteiger partial charge in [-0.3, -0.25) is 10.3 Å². The van der Waals surface area contributed by atoms with Gasteiger partial charge in [0.25, 0.3) is 0 Å². The molecule has 128 valence electrons. The van der Waals surface area contributed by atoms with Crippen molar-refractivity contribution in [2.75, 3.05) is 25.5 Å². The summed E-state index contributed by atoms with van der Waals surface area (Å²) in [6.45, 7) is 3.67. The zero-order valence-corrected chi connectivity index (χ0v) is 15.7. The normalized spacial score (nSPS) is 9.91. The van der Waals surface area contributed by atoms with Crippen LogP contribution < -0.4 is 5.32 Å². The molecule has 23 heavy (non-hydrogen) atoms. The number of amidine groups is 1. The minimum atomic E-state index is 0. The van der Waals surface area contributed by atoms with Crippen LogP contribution in [0.25, 0.3) is 0 Å². The zero-order chi connectivity index (χ0) is 15.2. The highest BCUT2D eigenvalue weighted by Crippen LogP contribution is 2.21. The molecule has 4 nitrogen and oxygen atoms in total. The third-order valence-corrected chi connectivity index (χ3v) is 4.28. The van der Waals surface area contributed by atoms with Gasteiger partial charge in [-0.1, -0.05) is 18.2 Å². The number of benzene rings is 1. The van der Waals surface area contributed by atoms with Gasteiger partial charge in [-0.2, -0.15) is 0 Å². The molecule has 0 saturated carbocycles. The van der Waals surface area contributed by atoms with Crippen LogP contribution >= 0.6 is 36.2 Å². The van der Waals surface area contributed by atoms with Crippen LogP contribution in [0, 0.1) is 12.3 Å². The molecule has 2 aromatic rings. The first-order chi connectivity index (χ1) is 10.1. The van der Waals surface area contributed by atoms with Crippen LogP contribution in [-0.2, 0) is 6.54 Å². The molecule has 1 aromatic heterocycles.